The van der Waals surface area contributed by atoms with Crippen LogP contribution in [0.1, 0.15) is 22.3 Å². The Bertz CT molecular complexity index is 469. The Labute approximate surface area is 115 Å². The van der Waals surface area contributed by atoms with Crippen LogP contribution in [0.25, 0.3) is 0 Å². The highest BCUT2D eigenvalue weighted by atomic mass is 16.5. The number of aliphatic hydroxyl groups is 1. The Balaban J connectivity index is 2.88. The zero-order valence-corrected chi connectivity index (χ0v) is 12.4. The second-order valence-electron chi connectivity index (χ2n) is 4.86. The number of likely N-dealkylation sites (N-methyl/N-ethyl adjacent to an activating group) is 1. The molecule has 0 spiro atoms. The zero-order valence-electron chi connectivity index (χ0n) is 12.4. The number of aryl methyl sites for hydroxylation is 1. The lowest BCUT2D eigenvalue weighted by molar-refractivity contribution is -0.132. The zero-order chi connectivity index (χ0) is 14.6. The minimum absolute atomic E-state index is 0.250. The van der Waals surface area contributed by atoms with Crippen molar-refractivity contribution in [3.8, 4) is 5.75 Å². The number of benzene rings is 1. The molecule has 1 aromatic carbocycles. The summed E-state index contributed by atoms with van der Waals surface area (Å²) in [5, 5.41) is 8.81. The monoisotopic (exact) mass is 265 g/mol. The van der Waals surface area contributed by atoms with Crippen molar-refractivity contribution in [3.05, 3.63) is 28.3 Å². The van der Waals surface area contributed by atoms with E-state index in [1.165, 1.54) is 11.1 Å². The molecule has 106 valence electrons. The van der Waals surface area contributed by atoms with Crippen LogP contribution in [0.2, 0.25) is 0 Å². The van der Waals surface area contributed by atoms with E-state index in [-0.39, 0.29) is 5.91 Å². The summed E-state index contributed by atoms with van der Waals surface area (Å²) in [5.41, 5.74) is 4.67. The van der Waals surface area contributed by atoms with E-state index >= 15 is 0 Å². The van der Waals surface area contributed by atoms with Crippen LogP contribution in [-0.4, -0.2) is 43.2 Å². The molecule has 1 rings (SSSR count). The highest BCUT2D eigenvalue weighted by Gasteiger charge is 2.12. The number of aliphatic hydroxyl groups excluding tert-OH is 1. The van der Waals surface area contributed by atoms with Crippen LogP contribution in [-0.2, 0) is 11.2 Å². The van der Waals surface area contributed by atoms with Gasteiger partial charge in [-0.25, -0.2) is 0 Å². The van der Waals surface area contributed by atoms with E-state index in [4.69, 9.17) is 9.84 Å². The van der Waals surface area contributed by atoms with Crippen LogP contribution >= 0.6 is 0 Å². The molecule has 1 N–H and O–H groups in total. The molecule has 0 aliphatic rings. The second-order valence-corrected chi connectivity index (χ2v) is 4.86. The molecule has 0 aliphatic heterocycles. The van der Waals surface area contributed by atoms with E-state index in [1.54, 1.807) is 19.1 Å². The Morgan fingerprint density at radius 3 is 2.47 bits per heavy atom. The molecule has 0 saturated carbocycles. The Hall–Kier alpha value is -1.55. The first-order valence-electron chi connectivity index (χ1n) is 6.40. The number of carbonyl (C=O) groups excluding carboxylic acids is 1. The summed E-state index contributed by atoms with van der Waals surface area (Å²) in [6.07, 6.45) is 0.778. The molecule has 4 heteroatoms. The van der Waals surface area contributed by atoms with Crippen LogP contribution in [0.4, 0.5) is 0 Å². The van der Waals surface area contributed by atoms with Crippen LogP contribution < -0.4 is 4.74 Å². The first-order valence-corrected chi connectivity index (χ1v) is 6.40. The minimum Gasteiger partial charge on any atom is -0.496 e. The highest BCUT2D eigenvalue weighted by Crippen LogP contribution is 2.28. The maximum Gasteiger partial charge on any atom is 0.248 e. The van der Waals surface area contributed by atoms with Crippen molar-refractivity contribution in [1.82, 2.24) is 4.90 Å². The number of nitrogens with zero attached hydrogens (tertiary/aromatic N) is 1. The number of carbonyl (C=O) groups is 1. The summed E-state index contributed by atoms with van der Waals surface area (Å²) >= 11 is 0. The Morgan fingerprint density at radius 1 is 1.32 bits per heavy atom. The number of methoxy groups -OCH3 is 1. The average molecular weight is 265 g/mol. The van der Waals surface area contributed by atoms with Crippen molar-refractivity contribution in [2.45, 2.75) is 27.2 Å². The first-order chi connectivity index (χ1) is 8.92. The van der Waals surface area contributed by atoms with Gasteiger partial charge in [-0.15, -0.1) is 0 Å². The predicted octanol–water partition coefficient (Wildman–Crippen LogP) is 1.61. The molecule has 0 radical (unpaired) electrons. The number of hydrogen-bond acceptors (Lipinski definition) is 3. The maximum atomic E-state index is 11.3. The molecular weight excluding hydrogens is 242 g/mol. The summed E-state index contributed by atoms with van der Waals surface area (Å²) in [6.45, 7) is 6.31. The Morgan fingerprint density at radius 2 is 1.95 bits per heavy atom. The molecule has 1 amide bonds. The number of ether oxygens (including phenoxy) is 1. The molecule has 0 saturated heterocycles. The van der Waals surface area contributed by atoms with Gasteiger partial charge in [-0.05, 0) is 49.4 Å². The van der Waals surface area contributed by atoms with E-state index in [2.05, 4.69) is 13.0 Å². The van der Waals surface area contributed by atoms with Gasteiger partial charge in [-0.3, -0.25) is 4.79 Å². The second kappa shape index (κ2) is 6.57. The van der Waals surface area contributed by atoms with Crippen molar-refractivity contribution >= 4 is 5.91 Å². The number of amides is 1. The van der Waals surface area contributed by atoms with Crippen molar-refractivity contribution in [2.24, 2.45) is 0 Å². The van der Waals surface area contributed by atoms with Gasteiger partial charge in [-0.2, -0.15) is 0 Å². The number of rotatable bonds is 5. The van der Waals surface area contributed by atoms with Crippen molar-refractivity contribution in [3.63, 3.8) is 0 Å². The van der Waals surface area contributed by atoms with Gasteiger partial charge >= 0.3 is 0 Å². The summed E-state index contributed by atoms with van der Waals surface area (Å²) in [4.78, 5) is 12.9. The third-order valence-corrected chi connectivity index (χ3v) is 3.62. The fraction of sp³-hybridized carbons (Fsp3) is 0.533. The molecule has 1 aromatic rings. The standard InChI is InChI=1S/C15H23NO3/c1-10-8-13(6-7-16(4)14(18)9-17)11(2)12(3)15(10)19-5/h8,17H,6-7,9H2,1-5H3. The normalized spacial score (nSPS) is 10.4. The fourth-order valence-corrected chi connectivity index (χ4v) is 2.25. The summed E-state index contributed by atoms with van der Waals surface area (Å²) in [7, 11) is 3.39. The lowest BCUT2D eigenvalue weighted by Crippen LogP contribution is -2.31. The highest BCUT2D eigenvalue weighted by molar-refractivity contribution is 5.76. The van der Waals surface area contributed by atoms with Gasteiger partial charge in [0.25, 0.3) is 0 Å². The SMILES string of the molecule is COc1c(C)cc(CCN(C)C(=O)CO)c(C)c1C. The van der Waals surface area contributed by atoms with Crippen LogP contribution in [0.3, 0.4) is 0 Å². The van der Waals surface area contributed by atoms with Gasteiger partial charge in [-0.1, -0.05) is 6.07 Å². The molecular formula is C15H23NO3. The van der Waals surface area contributed by atoms with Crippen LogP contribution in [0.5, 0.6) is 5.75 Å². The van der Waals surface area contributed by atoms with Gasteiger partial charge in [0.15, 0.2) is 0 Å². The largest absolute Gasteiger partial charge is 0.496 e. The molecule has 0 heterocycles. The van der Waals surface area contributed by atoms with E-state index < -0.39 is 6.61 Å². The van der Waals surface area contributed by atoms with E-state index in [1.807, 2.05) is 13.8 Å². The first kappa shape index (κ1) is 15.5. The molecule has 4 nitrogen and oxygen atoms in total. The summed E-state index contributed by atoms with van der Waals surface area (Å²) in [6, 6.07) is 2.11. The van der Waals surface area contributed by atoms with Crippen molar-refractivity contribution in [2.75, 3.05) is 27.3 Å². The molecule has 0 bridgehead atoms. The molecule has 0 aromatic heterocycles. The van der Waals surface area contributed by atoms with E-state index in [0.717, 1.165) is 23.3 Å². The third-order valence-electron chi connectivity index (χ3n) is 3.62. The third kappa shape index (κ3) is 3.47. The quantitative estimate of drug-likeness (QED) is 0.880. The lowest BCUT2D eigenvalue weighted by Gasteiger charge is -2.19. The van der Waals surface area contributed by atoms with Gasteiger partial charge in [0.1, 0.15) is 12.4 Å². The number of hydrogen-bond donors (Lipinski definition) is 1. The average Bonchev–Trinajstić information content (AvgIpc) is 2.40. The van der Waals surface area contributed by atoms with Gasteiger partial charge < -0.3 is 14.7 Å². The molecule has 0 fully saturated rings. The summed E-state index contributed by atoms with van der Waals surface area (Å²) in [5.74, 6) is 0.681. The predicted molar refractivity (Wildman–Crippen MR) is 75.6 cm³/mol. The fourth-order valence-electron chi connectivity index (χ4n) is 2.25. The Kier molecular flexibility index (Phi) is 5.36. The lowest BCUT2D eigenvalue weighted by atomic mass is 9.96. The van der Waals surface area contributed by atoms with Gasteiger partial charge in [0, 0.05) is 13.6 Å². The smallest absolute Gasteiger partial charge is 0.248 e. The van der Waals surface area contributed by atoms with E-state index in [0.29, 0.717) is 6.54 Å². The van der Waals surface area contributed by atoms with Crippen molar-refractivity contribution < 1.29 is 14.6 Å². The molecule has 0 atom stereocenters. The van der Waals surface area contributed by atoms with E-state index in [9.17, 15) is 4.79 Å². The molecule has 19 heavy (non-hydrogen) atoms. The van der Waals surface area contributed by atoms with Gasteiger partial charge in [0.2, 0.25) is 5.91 Å². The molecule has 0 unspecified atom stereocenters. The van der Waals surface area contributed by atoms with Crippen LogP contribution in [0, 0.1) is 20.8 Å². The minimum atomic E-state index is -0.434. The van der Waals surface area contributed by atoms with Crippen LogP contribution in [0.15, 0.2) is 6.07 Å². The van der Waals surface area contributed by atoms with Crippen molar-refractivity contribution in [1.29, 1.82) is 0 Å². The van der Waals surface area contributed by atoms with Gasteiger partial charge in [0.05, 0.1) is 7.11 Å². The summed E-state index contributed by atoms with van der Waals surface area (Å²) < 4.78 is 5.40. The molecule has 0 aliphatic carbocycles. The topological polar surface area (TPSA) is 49.8 Å². The maximum absolute atomic E-state index is 11.3.